The molecule has 1 fully saturated rings. The van der Waals surface area contributed by atoms with E-state index in [1.807, 2.05) is 25.5 Å². The van der Waals surface area contributed by atoms with Crippen LogP contribution in [0.1, 0.15) is 12.0 Å². The second-order valence-electron chi connectivity index (χ2n) is 7.24. The number of nitrogens with one attached hydrogen (secondary N) is 1. The Kier molecular flexibility index (Phi) is 6.01. The molecule has 3 heterocycles. The molecule has 1 aromatic heterocycles. The van der Waals surface area contributed by atoms with Crippen molar-refractivity contribution in [3.8, 4) is 0 Å². The van der Waals surface area contributed by atoms with E-state index >= 15 is 0 Å². The molecular weight excluding hydrogens is 350 g/mol. The second kappa shape index (κ2) is 9.01. The van der Waals surface area contributed by atoms with E-state index in [-0.39, 0.29) is 0 Å². The number of guanidine groups is 1. The average molecular weight is 380 g/mol. The van der Waals surface area contributed by atoms with Gasteiger partial charge in [0.25, 0.3) is 0 Å². The third-order valence-corrected chi connectivity index (χ3v) is 5.50. The van der Waals surface area contributed by atoms with Crippen LogP contribution >= 0.6 is 0 Å². The number of hydrogen-bond acceptors (Lipinski definition) is 5. The molecule has 1 aromatic carbocycles. The highest BCUT2D eigenvalue weighted by atomic mass is 15.3. The van der Waals surface area contributed by atoms with Crippen LogP contribution in [-0.4, -0.2) is 73.7 Å². The zero-order chi connectivity index (χ0) is 19.2. The van der Waals surface area contributed by atoms with Gasteiger partial charge in [-0.15, -0.1) is 0 Å². The van der Waals surface area contributed by atoms with E-state index in [0.717, 1.165) is 70.6 Å². The van der Waals surface area contributed by atoms with E-state index in [1.165, 1.54) is 11.3 Å². The topological polar surface area (TPSA) is 59.9 Å². The van der Waals surface area contributed by atoms with Crippen molar-refractivity contribution in [1.29, 1.82) is 0 Å². The molecule has 0 spiro atoms. The van der Waals surface area contributed by atoms with Crippen LogP contribution in [0.4, 0.5) is 11.6 Å². The first-order valence-electron chi connectivity index (χ1n) is 10.2. The number of rotatable bonds is 5. The van der Waals surface area contributed by atoms with E-state index in [4.69, 9.17) is 0 Å². The summed E-state index contributed by atoms with van der Waals surface area (Å²) in [6, 6.07) is 10.5. The summed E-state index contributed by atoms with van der Waals surface area (Å²) in [4.78, 5) is 20.3. The second-order valence-corrected chi connectivity index (χ2v) is 7.24. The van der Waals surface area contributed by atoms with Gasteiger partial charge in [0.2, 0.25) is 5.95 Å². The van der Waals surface area contributed by atoms with Gasteiger partial charge in [-0.1, -0.05) is 18.2 Å². The van der Waals surface area contributed by atoms with Gasteiger partial charge in [-0.05, 0) is 37.1 Å². The van der Waals surface area contributed by atoms with Crippen molar-refractivity contribution in [1.82, 2.24) is 20.2 Å². The molecule has 0 radical (unpaired) electrons. The number of hydrogen-bond donors (Lipinski definition) is 1. The molecule has 7 heteroatoms. The largest absolute Gasteiger partial charge is 0.356 e. The number of piperazine rings is 1. The third kappa shape index (κ3) is 4.25. The first kappa shape index (κ1) is 18.7. The molecule has 1 N–H and O–H groups in total. The van der Waals surface area contributed by atoms with Crippen molar-refractivity contribution in [2.45, 2.75) is 12.8 Å². The molecule has 2 aliphatic heterocycles. The lowest BCUT2D eigenvalue weighted by molar-refractivity contribution is 0.254. The smallest absolute Gasteiger partial charge is 0.225 e. The molecule has 0 aliphatic carbocycles. The minimum Gasteiger partial charge on any atom is -0.356 e. The summed E-state index contributed by atoms with van der Waals surface area (Å²) in [5.41, 5.74) is 2.69. The lowest BCUT2D eigenvalue weighted by atomic mass is 10.2. The SMILES string of the molecule is CN=C(NCCCN1CCN(c2ncccn2)CC1)N1CCc2ccccc21. The maximum atomic E-state index is 4.49. The zero-order valence-corrected chi connectivity index (χ0v) is 16.6. The minimum absolute atomic E-state index is 0.846. The molecule has 4 rings (SSSR count). The Morgan fingerprint density at radius 1 is 1.04 bits per heavy atom. The molecule has 148 valence electrons. The van der Waals surface area contributed by atoms with Gasteiger partial charge in [-0.3, -0.25) is 9.89 Å². The summed E-state index contributed by atoms with van der Waals surface area (Å²) in [5.74, 6) is 1.83. The van der Waals surface area contributed by atoms with Crippen LogP contribution in [0, 0.1) is 0 Å². The fraction of sp³-hybridized carbons (Fsp3) is 0.476. The molecular formula is C21H29N7. The molecule has 0 saturated carbocycles. The first-order valence-corrected chi connectivity index (χ1v) is 10.2. The Balaban J connectivity index is 1.19. The van der Waals surface area contributed by atoms with E-state index in [2.05, 4.69) is 59.2 Å². The number of benzene rings is 1. The lowest BCUT2D eigenvalue weighted by Crippen LogP contribution is -2.48. The predicted molar refractivity (Wildman–Crippen MR) is 114 cm³/mol. The maximum Gasteiger partial charge on any atom is 0.225 e. The number of aliphatic imine (C=N–C) groups is 1. The Hall–Kier alpha value is -2.67. The van der Waals surface area contributed by atoms with Crippen molar-refractivity contribution >= 4 is 17.6 Å². The van der Waals surface area contributed by atoms with Crippen LogP contribution in [0.15, 0.2) is 47.7 Å². The molecule has 2 aromatic rings. The van der Waals surface area contributed by atoms with Crippen molar-refractivity contribution < 1.29 is 0 Å². The molecule has 2 aliphatic rings. The summed E-state index contributed by atoms with van der Waals surface area (Å²) in [6.45, 7) is 7.15. The molecule has 0 unspecified atom stereocenters. The van der Waals surface area contributed by atoms with Gasteiger partial charge in [-0.25, -0.2) is 9.97 Å². The molecule has 0 atom stereocenters. The number of fused-ring (bicyclic) bond motifs is 1. The average Bonchev–Trinajstić information content (AvgIpc) is 3.19. The summed E-state index contributed by atoms with van der Waals surface area (Å²) in [6.07, 6.45) is 5.82. The number of anilines is 2. The standard InChI is InChI=1S/C21H29N7/c1-22-20(28-13-8-18-6-2-3-7-19(18)28)23-11-5-12-26-14-16-27(17-15-26)21-24-9-4-10-25-21/h2-4,6-7,9-10H,5,8,11-17H2,1H3,(H,22,23). The number of aromatic nitrogens is 2. The van der Waals surface area contributed by atoms with E-state index in [9.17, 15) is 0 Å². The maximum absolute atomic E-state index is 4.49. The zero-order valence-electron chi connectivity index (χ0n) is 16.6. The summed E-state index contributed by atoms with van der Waals surface area (Å²) in [5, 5.41) is 3.55. The highest BCUT2D eigenvalue weighted by Crippen LogP contribution is 2.27. The van der Waals surface area contributed by atoms with E-state index < -0.39 is 0 Å². The van der Waals surface area contributed by atoms with Crippen molar-refractivity contribution in [3.05, 3.63) is 48.3 Å². The lowest BCUT2D eigenvalue weighted by Gasteiger charge is -2.34. The van der Waals surface area contributed by atoms with Gasteiger partial charge in [0.15, 0.2) is 5.96 Å². The molecule has 7 nitrogen and oxygen atoms in total. The van der Waals surface area contributed by atoms with Crippen LogP contribution < -0.4 is 15.1 Å². The quantitative estimate of drug-likeness (QED) is 0.484. The van der Waals surface area contributed by atoms with Gasteiger partial charge in [0.1, 0.15) is 0 Å². The Bertz CT molecular complexity index is 784. The van der Waals surface area contributed by atoms with Crippen LogP contribution in [-0.2, 0) is 6.42 Å². The normalized spacial score (nSPS) is 17.7. The van der Waals surface area contributed by atoms with Gasteiger partial charge in [0, 0.05) is 64.4 Å². The Labute approximate surface area is 167 Å². The van der Waals surface area contributed by atoms with Gasteiger partial charge >= 0.3 is 0 Å². The van der Waals surface area contributed by atoms with Crippen molar-refractivity contribution in [3.63, 3.8) is 0 Å². The van der Waals surface area contributed by atoms with E-state index in [1.54, 1.807) is 0 Å². The van der Waals surface area contributed by atoms with Crippen molar-refractivity contribution in [2.75, 3.05) is 62.7 Å². The molecule has 28 heavy (non-hydrogen) atoms. The fourth-order valence-electron chi connectivity index (χ4n) is 3.98. The van der Waals surface area contributed by atoms with Gasteiger partial charge in [-0.2, -0.15) is 0 Å². The highest BCUT2D eigenvalue weighted by Gasteiger charge is 2.22. The van der Waals surface area contributed by atoms with Crippen LogP contribution in [0.3, 0.4) is 0 Å². The summed E-state index contributed by atoms with van der Waals surface area (Å²) < 4.78 is 0. The third-order valence-electron chi connectivity index (χ3n) is 5.50. The first-order chi connectivity index (χ1) is 13.8. The minimum atomic E-state index is 0.846. The Morgan fingerprint density at radius 2 is 1.82 bits per heavy atom. The molecule has 0 amide bonds. The predicted octanol–water partition coefficient (Wildman–Crippen LogP) is 1.63. The van der Waals surface area contributed by atoms with Crippen LogP contribution in [0.2, 0.25) is 0 Å². The number of para-hydroxylation sites is 1. The molecule has 1 saturated heterocycles. The summed E-state index contributed by atoms with van der Waals surface area (Å²) in [7, 11) is 1.87. The fourth-order valence-corrected chi connectivity index (χ4v) is 3.98. The molecule has 0 bridgehead atoms. The highest BCUT2D eigenvalue weighted by molar-refractivity contribution is 5.97. The van der Waals surface area contributed by atoms with Gasteiger partial charge < -0.3 is 15.1 Å². The monoisotopic (exact) mass is 379 g/mol. The Morgan fingerprint density at radius 3 is 2.61 bits per heavy atom. The number of nitrogens with zero attached hydrogens (tertiary/aromatic N) is 6. The van der Waals surface area contributed by atoms with E-state index in [0.29, 0.717) is 0 Å². The summed E-state index contributed by atoms with van der Waals surface area (Å²) >= 11 is 0. The van der Waals surface area contributed by atoms with Crippen molar-refractivity contribution in [2.24, 2.45) is 4.99 Å². The van der Waals surface area contributed by atoms with Crippen LogP contribution in [0.25, 0.3) is 0 Å². The van der Waals surface area contributed by atoms with Crippen LogP contribution in [0.5, 0.6) is 0 Å². The van der Waals surface area contributed by atoms with Gasteiger partial charge in [0.05, 0.1) is 0 Å².